The van der Waals surface area contributed by atoms with Crippen molar-refractivity contribution in [1.82, 2.24) is 15.1 Å². The first kappa shape index (κ1) is 16.7. The van der Waals surface area contributed by atoms with E-state index in [0.29, 0.717) is 6.04 Å². The molecule has 112 valence electrons. The molecule has 0 aliphatic carbocycles. The number of nitrogens with one attached hydrogen (secondary N) is 1. The average molecular weight is 276 g/mol. The Morgan fingerprint density at radius 2 is 2.05 bits per heavy atom. The summed E-state index contributed by atoms with van der Waals surface area (Å²) in [6.07, 6.45) is 2.82. The summed E-state index contributed by atoms with van der Waals surface area (Å²) in [7, 11) is 0. The summed E-state index contributed by atoms with van der Waals surface area (Å²) in [5.74, 6) is 0. The molecule has 0 aliphatic heterocycles. The van der Waals surface area contributed by atoms with Gasteiger partial charge in [-0.15, -0.1) is 0 Å². The number of aryl methyl sites for hydroxylation is 2. The third-order valence-corrected chi connectivity index (χ3v) is 3.79. The van der Waals surface area contributed by atoms with Gasteiger partial charge in [0.2, 0.25) is 0 Å². The van der Waals surface area contributed by atoms with Crippen LogP contribution in [0.3, 0.4) is 0 Å². The third-order valence-electron chi connectivity index (χ3n) is 3.79. The minimum Gasteiger partial charge on any atom is -0.297 e. The molecule has 0 amide bonds. The van der Waals surface area contributed by atoms with Crippen molar-refractivity contribution in [3.63, 3.8) is 0 Å². The van der Waals surface area contributed by atoms with E-state index in [1.54, 1.807) is 0 Å². The second-order valence-electron chi connectivity index (χ2n) is 6.07. The summed E-state index contributed by atoms with van der Waals surface area (Å²) >= 11 is 0. The van der Waals surface area contributed by atoms with Crippen LogP contribution in [-0.4, -0.2) is 21.4 Å². The van der Waals surface area contributed by atoms with Gasteiger partial charge in [0.25, 0.3) is 0 Å². The summed E-state index contributed by atoms with van der Waals surface area (Å²) in [4.78, 5) is 0. The molecule has 0 aliphatic rings. The van der Waals surface area contributed by atoms with Gasteiger partial charge in [0.1, 0.15) is 5.54 Å². The molecular weight excluding hydrogens is 248 g/mol. The molecule has 0 saturated carbocycles. The summed E-state index contributed by atoms with van der Waals surface area (Å²) in [5, 5.41) is 17.3. The van der Waals surface area contributed by atoms with Crippen molar-refractivity contribution in [1.29, 1.82) is 5.26 Å². The lowest BCUT2D eigenvalue weighted by Crippen LogP contribution is -2.45. The molecule has 4 heteroatoms. The van der Waals surface area contributed by atoms with Gasteiger partial charge in [0.05, 0.1) is 11.8 Å². The number of nitrogens with zero attached hydrogens (tertiary/aromatic N) is 3. The van der Waals surface area contributed by atoms with Gasteiger partial charge in [-0.05, 0) is 59.4 Å². The van der Waals surface area contributed by atoms with Gasteiger partial charge in [-0.2, -0.15) is 10.4 Å². The van der Waals surface area contributed by atoms with Crippen LogP contribution in [0.2, 0.25) is 0 Å². The van der Waals surface area contributed by atoms with E-state index in [0.717, 1.165) is 31.5 Å². The zero-order valence-electron chi connectivity index (χ0n) is 13.7. The van der Waals surface area contributed by atoms with Gasteiger partial charge >= 0.3 is 0 Å². The first-order chi connectivity index (χ1) is 9.33. The smallest absolute Gasteiger partial charge is 0.104 e. The Labute approximate surface area is 123 Å². The quantitative estimate of drug-likeness (QED) is 0.832. The number of hydrogen-bond donors (Lipinski definition) is 1. The number of rotatable bonds is 7. The molecule has 0 fully saturated rings. The maximum absolute atomic E-state index is 9.34. The van der Waals surface area contributed by atoms with Gasteiger partial charge in [0.15, 0.2) is 0 Å². The van der Waals surface area contributed by atoms with Crippen LogP contribution in [0.15, 0.2) is 0 Å². The van der Waals surface area contributed by atoms with Gasteiger partial charge in [-0.25, -0.2) is 0 Å². The fourth-order valence-electron chi connectivity index (χ4n) is 2.84. The van der Waals surface area contributed by atoms with E-state index in [-0.39, 0.29) is 0 Å². The van der Waals surface area contributed by atoms with E-state index in [2.05, 4.69) is 55.8 Å². The van der Waals surface area contributed by atoms with Crippen molar-refractivity contribution < 1.29 is 0 Å². The zero-order valence-corrected chi connectivity index (χ0v) is 13.7. The molecule has 0 radical (unpaired) electrons. The zero-order chi connectivity index (χ0) is 15.3. The number of nitriles is 1. The lowest BCUT2D eigenvalue weighted by Gasteiger charge is -2.25. The molecule has 0 aromatic carbocycles. The van der Waals surface area contributed by atoms with E-state index in [1.165, 1.54) is 11.3 Å². The Morgan fingerprint density at radius 1 is 1.40 bits per heavy atom. The highest BCUT2D eigenvalue weighted by Crippen LogP contribution is 2.17. The molecule has 1 rings (SSSR count). The van der Waals surface area contributed by atoms with Gasteiger partial charge < -0.3 is 0 Å². The van der Waals surface area contributed by atoms with Gasteiger partial charge in [-0.1, -0.05) is 6.92 Å². The minimum absolute atomic E-state index is 0.319. The predicted octanol–water partition coefficient (Wildman–Crippen LogP) is 3.12. The highest BCUT2D eigenvalue weighted by molar-refractivity contribution is 5.24. The topological polar surface area (TPSA) is 53.6 Å². The first-order valence-electron chi connectivity index (χ1n) is 7.54. The maximum atomic E-state index is 9.34. The maximum Gasteiger partial charge on any atom is 0.104 e. The Balaban J connectivity index is 2.62. The van der Waals surface area contributed by atoms with Crippen LogP contribution in [0.1, 0.15) is 57.5 Å². The fourth-order valence-corrected chi connectivity index (χ4v) is 2.84. The van der Waals surface area contributed by atoms with E-state index in [9.17, 15) is 5.26 Å². The largest absolute Gasteiger partial charge is 0.297 e. The van der Waals surface area contributed by atoms with Crippen molar-refractivity contribution in [3.8, 4) is 6.07 Å². The van der Waals surface area contributed by atoms with E-state index in [1.807, 2.05) is 6.92 Å². The molecule has 1 unspecified atom stereocenters. The van der Waals surface area contributed by atoms with Crippen LogP contribution in [-0.2, 0) is 13.0 Å². The standard InChI is InChI=1S/C16H28N4/c1-7-15-13(4)19-20(14(15)5)10-8-9-16(6,11-17)18-12(2)3/h12,18H,7-10H2,1-6H3. The lowest BCUT2D eigenvalue weighted by molar-refractivity contribution is 0.360. The van der Waals surface area contributed by atoms with Crippen LogP contribution in [0.4, 0.5) is 0 Å². The fraction of sp³-hybridized carbons (Fsp3) is 0.750. The molecule has 0 saturated heterocycles. The van der Waals surface area contributed by atoms with Crippen molar-refractivity contribution >= 4 is 0 Å². The van der Waals surface area contributed by atoms with Crippen molar-refractivity contribution in [2.45, 2.75) is 78.9 Å². The molecule has 4 nitrogen and oxygen atoms in total. The number of hydrogen-bond acceptors (Lipinski definition) is 3. The van der Waals surface area contributed by atoms with Crippen LogP contribution >= 0.6 is 0 Å². The summed E-state index contributed by atoms with van der Waals surface area (Å²) in [6, 6.07) is 2.72. The Hall–Kier alpha value is -1.34. The molecule has 1 aromatic rings. The average Bonchev–Trinajstić information content (AvgIpc) is 2.63. The van der Waals surface area contributed by atoms with Crippen LogP contribution in [0.5, 0.6) is 0 Å². The van der Waals surface area contributed by atoms with Crippen LogP contribution < -0.4 is 5.32 Å². The molecule has 1 N–H and O–H groups in total. The van der Waals surface area contributed by atoms with Gasteiger partial charge in [0, 0.05) is 18.3 Å². The van der Waals surface area contributed by atoms with Crippen molar-refractivity contribution in [2.24, 2.45) is 0 Å². The third kappa shape index (κ3) is 4.08. The molecular formula is C16H28N4. The molecule has 0 bridgehead atoms. The number of aromatic nitrogens is 2. The predicted molar refractivity (Wildman–Crippen MR) is 82.6 cm³/mol. The monoisotopic (exact) mass is 276 g/mol. The van der Waals surface area contributed by atoms with Crippen molar-refractivity contribution in [2.75, 3.05) is 0 Å². The minimum atomic E-state index is -0.447. The Bertz CT molecular complexity index is 481. The van der Waals surface area contributed by atoms with Crippen LogP contribution in [0, 0.1) is 25.2 Å². The van der Waals surface area contributed by atoms with Crippen molar-refractivity contribution in [3.05, 3.63) is 17.0 Å². The second-order valence-corrected chi connectivity index (χ2v) is 6.07. The van der Waals surface area contributed by atoms with Crippen LogP contribution in [0.25, 0.3) is 0 Å². The van der Waals surface area contributed by atoms with E-state index < -0.39 is 5.54 Å². The Morgan fingerprint density at radius 3 is 2.50 bits per heavy atom. The highest BCUT2D eigenvalue weighted by Gasteiger charge is 2.23. The molecule has 0 spiro atoms. The van der Waals surface area contributed by atoms with E-state index >= 15 is 0 Å². The normalized spacial score (nSPS) is 14.3. The lowest BCUT2D eigenvalue weighted by atomic mass is 9.96. The Kier molecular flexibility index (Phi) is 5.76. The molecule has 1 atom stereocenters. The second kappa shape index (κ2) is 6.90. The summed E-state index contributed by atoms with van der Waals surface area (Å²) in [6.45, 7) is 13.4. The van der Waals surface area contributed by atoms with Gasteiger partial charge in [-0.3, -0.25) is 10.00 Å². The molecule has 20 heavy (non-hydrogen) atoms. The first-order valence-corrected chi connectivity index (χ1v) is 7.54. The molecule has 1 aromatic heterocycles. The summed E-state index contributed by atoms with van der Waals surface area (Å²) in [5.41, 5.74) is 3.31. The highest BCUT2D eigenvalue weighted by atomic mass is 15.3. The SMILES string of the molecule is CCc1c(C)nn(CCCC(C)(C#N)NC(C)C)c1C. The molecule has 1 heterocycles. The summed E-state index contributed by atoms with van der Waals surface area (Å²) < 4.78 is 2.08. The van der Waals surface area contributed by atoms with E-state index in [4.69, 9.17) is 0 Å².